The molecule has 1 aliphatic rings. The number of rotatable bonds is 3. The lowest BCUT2D eigenvalue weighted by molar-refractivity contribution is 0.102. The predicted octanol–water partition coefficient (Wildman–Crippen LogP) is 2.24. The van der Waals surface area contributed by atoms with E-state index < -0.39 is 0 Å². The molecule has 1 aliphatic carbocycles. The van der Waals surface area contributed by atoms with Crippen LogP contribution >= 0.6 is 0 Å². The maximum atomic E-state index is 12.0. The van der Waals surface area contributed by atoms with Gasteiger partial charge in [0.2, 0.25) is 0 Å². The standard InChI is InChI=1S/C13H14N4O/c1-8-3-2-6-14-12(8)15-13(18)11-7-10(16-17-11)9-4-5-9/h2-3,6-7,9H,4-5H2,1H3,(H,16,17)(H,14,15,18). The van der Waals surface area contributed by atoms with Crippen molar-refractivity contribution >= 4 is 11.7 Å². The molecule has 0 spiro atoms. The molecule has 1 saturated carbocycles. The van der Waals surface area contributed by atoms with Crippen LogP contribution < -0.4 is 5.32 Å². The van der Waals surface area contributed by atoms with Crippen LogP contribution in [0.2, 0.25) is 0 Å². The molecule has 1 amide bonds. The van der Waals surface area contributed by atoms with Crippen molar-refractivity contribution in [3.63, 3.8) is 0 Å². The highest BCUT2D eigenvalue weighted by molar-refractivity contribution is 6.02. The summed E-state index contributed by atoms with van der Waals surface area (Å²) in [6.07, 6.45) is 4.02. The van der Waals surface area contributed by atoms with Gasteiger partial charge < -0.3 is 5.32 Å². The summed E-state index contributed by atoms with van der Waals surface area (Å²) in [4.78, 5) is 16.1. The summed E-state index contributed by atoms with van der Waals surface area (Å²) in [6, 6.07) is 5.57. The van der Waals surface area contributed by atoms with Gasteiger partial charge >= 0.3 is 0 Å². The van der Waals surface area contributed by atoms with Crippen LogP contribution in [0, 0.1) is 6.92 Å². The third-order valence-electron chi connectivity index (χ3n) is 3.09. The van der Waals surface area contributed by atoms with E-state index in [-0.39, 0.29) is 5.91 Å². The summed E-state index contributed by atoms with van der Waals surface area (Å²) in [5.41, 5.74) is 2.41. The van der Waals surface area contributed by atoms with Gasteiger partial charge in [0.05, 0.1) is 0 Å². The van der Waals surface area contributed by atoms with Crippen LogP contribution in [0.5, 0.6) is 0 Å². The molecule has 2 heterocycles. The van der Waals surface area contributed by atoms with Gasteiger partial charge in [0.15, 0.2) is 5.69 Å². The van der Waals surface area contributed by atoms with Crippen LogP contribution in [0.4, 0.5) is 5.82 Å². The Balaban J connectivity index is 1.76. The lowest BCUT2D eigenvalue weighted by Gasteiger charge is -2.04. The number of amides is 1. The molecule has 0 aliphatic heterocycles. The van der Waals surface area contributed by atoms with Crippen molar-refractivity contribution < 1.29 is 4.79 Å². The molecule has 2 aromatic heterocycles. The lowest BCUT2D eigenvalue weighted by atomic mass is 10.2. The predicted molar refractivity (Wildman–Crippen MR) is 67.5 cm³/mol. The monoisotopic (exact) mass is 242 g/mol. The number of nitrogens with one attached hydrogen (secondary N) is 2. The fraction of sp³-hybridized carbons (Fsp3) is 0.308. The maximum Gasteiger partial charge on any atom is 0.277 e. The van der Waals surface area contributed by atoms with Crippen molar-refractivity contribution in [2.75, 3.05) is 5.32 Å². The fourth-order valence-corrected chi connectivity index (χ4v) is 1.84. The molecular weight excluding hydrogens is 228 g/mol. The van der Waals surface area contributed by atoms with Crippen LogP contribution in [0.3, 0.4) is 0 Å². The quantitative estimate of drug-likeness (QED) is 0.867. The molecular formula is C13H14N4O. The first-order valence-electron chi connectivity index (χ1n) is 6.02. The van der Waals surface area contributed by atoms with Crippen LogP contribution in [0.15, 0.2) is 24.4 Å². The number of hydrogen-bond acceptors (Lipinski definition) is 3. The topological polar surface area (TPSA) is 70.7 Å². The Kier molecular flexibility index (Phi) is 2.59. The zero-order valence-corrected chi connectivity index (χ0v) is 10.1. The van der Waals surface area contributed by atoms with Gasteiger partial charge in [-0.2, -0.15) is 5.10 Å². The SMILES string of the molecule is Cc1cccnc1NC(=O)c1cc(C2CC2)[nH]n1. The summed E-state index contributed by atoms with van der Waals surface area (Å²) < 4.78 is 0. The van der Waals surface area contributed by atoms with E-state index in [0.717, 1.165) is 11.3 Å². The third kappa shape index (κ3) is 2.11. The van der Waals surface area contributed by atoms with E-state index in [1.807, 2.05) is 25.1 Å². The summed E-state index contributed by atoms with van der Waals surface area (Å²) >= 11 is 0. The van der Waals surface area contributed by atoms with Gasteiger partial charge in [0.1, 0.15) is 5.82 Å². The molecule has 3 rings (SSSR count). The molecule has 18 heavy (non-hydrogen) atoms. The number of pyridine rings is 1. The van der Waals surface area contributed by atoms with Gasteiger partial charge in [-0.05, 0) is 37.5 Å². The number of carbonyl (C=O) groups is 1. The van der Waals surface area contributed by atoms with Crippen LogP contribution in [-0.4, -0.2) is 21.1 Å². The van der Waals surface area contributed by atoms with E-state index in [1.165, 1.54) is 12.8 Å². The van der Waals surface area contributed by atoms with Crippen molar-refractivity contribution in [3.05, 3.63) is 41.3 Å². The highest BCUT2D eigenvalue weighted by atomic mass is 16.2. The molecule has 0 bridgehead atoms. The average Bonchev–Trinajstić information content (AvgIpc) is 3.10. The summed E-state index contributed by atoms with van der Waals surface area (Å²) in [6.45, 7) is 1.91. The molecule has 5 heteroatoms. The molecule has 0 aromatic carbocycles. The van der Waals surface area contributed by atoms with Gasteiger partial charge in [-0.15, -0.1) is 0 Å². The van der Waals surface area contributed by atoms with E-state index >= 15 is 0 Å². The largest absolute Gasteiger partial charge is 0.305 e. The van der Waals surface area contributed by atoms with Gasteiger partial charge in [0.25, 0.3) is 5.91 Å². The Morgan fingerprint density at radius 2 is 2.33 bits per heavy atom. The Morgan fingerprint density at radius 1 is 1.50 bits per heavy atom. The van der Waals surface area contributed by atoms with Crippen LogP contribution in [0.25, 0.3) is 0 Å². The van der Waals surface area contributed by atoms with E-state index in [0.29, 0.717) is 17.4 Å². The van der Waals surface area contributed by atoms with Gasteiger partial charge in [-0.25, -0.2) is 4.98 Å². The third-order valence-corrected chi connectivity index (χ3v) is 3.09. The first-order chi connectivity index (χ1) is 8.74. The molecule has 92 valence electrons. The van der Waals surface area contributed by atoms with E-state index in [1.54, 1.807) is 6.20 Å². The number of hydrogen-bond donors (Lipinski definition) is 2. The Bertz CT molecular complexity index is 586. The second-order valence-corrected chi connectivity index (χ2v) is 4.61. The first-order valence-corrected chi connectivity index (χ1v) is 6.02. The molecule has 0 unspecified atom stereocenters. The number of aromatic nitrogens is 3. The van der Waals surface area contributed by atoms with E-state index in [2.05, 4.69) is 20.5 Å². The maximum absolute atomic E-state index is 12.0. The smallest absolute Gasteiger partial charge is 0.277 e. The van der Waals surface area contributed by atoms with Crippen molar-refractivity contribution in [3.8, 4) is 0 Å². The lowest BCUT2D eigenvalue weighted by Crippen LogP contribution is -2.14. The normalized spacial score (nSPS) is 14.5. The summed E-state index contributed by atoms with van der Waals surface area (Å²) in [5, 5.41) is 9.72. The second-order valence-electron chi connectivity index (χ2n) is 4.61. The number of nitrogens with zero attached hydrogens (tertiary/aromatic N) is 2. The van der Waals surface area contributed by atoms with Crippen molar-refractivity contribution in [1.82, 2.24) is 15.2 Å². The van der Waals surface area contributed by atoms with E-state index in [4.69, 9.17) is 0 Å². The molecule has 0 atom stereocenters. The van der Waals surface area contributed by atoms with E-state index in [9.17, 15) is 4.79 Å². The summed E-state index contributed by atoms with van der Waals surface area (Å²) in [7, 11) is 0. The molecule has 1 fully saturated rings. The zero-order valence-electron chi connectivity index (χ0n) is 10.1. The van der Waals surface area contributed by atoms with Crippen LogP contribution in [-0.2, 0) is 0 Å². The minimum absolute atomic E-state index is 0.222. The minimum Gasteiger partial charge on any atom is -0.305 e. The van der Waals surface area contributed by atoms with Gasteiger partial charge in [0, 0.05) is 17.8 Å². The zero-order chi connectivity index (χ0) is 12.5. The van der Waals surface area contributed by atoms with Gasteiger partial charge in [-0.3, -0.25) is 9.89 Å². The number of H-pyrrole nitrogens is 1. The first kappa shape index (κ1) is 11.0. The molecule has 5 nitrogen and oxygen atoms in total. The second kappa shape index (κ2) is 4.25. The highest BCUT2D eigenvalue weighted by Crippen LogP contribution is 2.39. The Hall–Kier alpha value is -2.17. The number of aryl methyl sites for hydroxylation is 1. The number of anilines is 1. The summed E-state index contributed by atoms with van der Waals surface area (Å²) in [5.74, 6) is 0.925. The molecule has 2 aromatic rings. The molecule has 0 radical (unpaired) electrons. The van der Waals surface area contributed by atoms with Crippen molar-refractivity contribution in [1.29, 1.82) is 0 Å². The average molecular weight is 242 g/mol. The molecule has 2 N–H and O–H groups in total. The minimum atomic E-state index is -0.222. The van der Waals surface area contributed by atoms with Crippen LogP contribution in [0.1, 0.15) is 40.5 Å². The highest BCUT2D eigenvalue weighted by Gasteiger charge is 2.26. The number of aromatic amines is 1. The van der Waals surface area contributed by atoms with Crippen molar-refractivity contribution in [2.24, 2.45) is 0 Å². The molecule has 0 saturated heterocycles. The van der Waals surface area contributed by atoms with Crippen molar-refractivity contribution in [2.45, 2.75) is 25.7 Å². The Morgan fingerprint density at radius 3 is 3.06 bits per heavy atom. The number of carbonyl (C=O) groups excluding carboxylic acids is 1. The fourth-order valence-electron chi connectivity index (χ4n) is 1.84. The van der Waals surface area contributed by atoms with Gasteiger partial charge in [-0.1, -0.05) is 6.07 Å². The Labute approximate surface area is 105 Å².